The summed E-state index contributed by atoms with van der Waals surface area (Å²) in [6.07, 6.45) is -4.38. The van der Waals surface area contributed by atoms with E-state index < -0.39 is 17.3 Å². The number of alkyl halides is 3. The van der Waals surface area contributed by atoms with Crippen LogP contribution >= 0.6 is 0 Å². The quantitative estimate of drug-likeness (QED) is 0.837. The highest BCUT2D eigenvalue weighted by atomic mass is 19.4. The van der Waals surface area contributed by atoms with Gasteiger partial charge in [0.1, 0.15) is 5.60 Å². The molecule has 1 rings (SSSR count). The van der Waals surface area contributed by atoms with Crippen LogP contribution in [0, 0.1) is 6.92 Å². The highest BCUT2D eigenvalue weighted by Crippen LogP contribution is 2.33. The summed E-state index contributed by atoms with van der Waals surface area (Å²) in [4.78, 5) is 10.3. The largest absolute Gasteiger partial charge is 0.460 e. The van der Waals surface area contributed by atoms with Gasteiger partial charge in [0.05, 0.1) is 12.1 Å². The van der Waals surface area contributed by atoms with Crippen LogP contribution in [0.4, 0.5) is 18.9 Å². The van der Waals surface area contributed by atoms with Crippen LogP contribution in [0.3, 0.4) is 0 Å². The van der Waals surface area contributed by atoms with E-state index in [9.17, 15) is 18.0 Å². The maximum Gasteiger partial charge on any atom is 0.416 e. The van der Waals surface area contributed by atoms with Gasteiger partial charge in [-0.05, 0) is 38.5 Å². The fourth-order valence-electron chi connectivity index (χ4n) is 1.52. The van der Waals surface area contributed by atoms with Gasteiger partial charge in [-0.25, -0.2) is 0 Å². The Labute approximate surface area is 109 Å². The summed E-state index contributed by atoms with van der Waals surface area (Å²) in [6, 6.07) is 4.01. The highest BCUT2D eigenvalue weighted by Gasteiger charge is 2.32. The first-order valence-electron chi connectivity index (χ1n) is 5.69. The molecule has 0 saturated carbocycles. The maximum absolute atomic E-state index is 12.7. The second kappa shape index (κ2) is 5.50. The smallest absolute Gasteiger partial charge is 0.416 e. The number of anilines is 1. The third-order valence-electron chi connectivity index (χ3n) is 2.63. The van der Waals surface area contributed by atoms with Gasteiger partial charge >= 0.3 is 6.18 Å². The van der Waals surface area contributed by atoms with E-state index in [-0.39, 0.29) is 12.1 Å². The molecule has 0 unspecified atom stereocenters. The van der Waals surface area contributed by atoms with Crippen molar-refractivity contribution in [1.82, 2.24) is 0 Å². The zero-order valence-electron chi connectivity index (χ0n) is 11.0. The van der Waals surface area contributed by atoms with E-state index in [4.69, 9.17) is 4.74 Å². The van der Waals surface area contributed by atoms with Crippen molar-refractivity contribution in [3.63, 3.8) is 0 Å². The lowest BCUT2D eigenvalue weighted by molar-refractivity contribution is -0.139. The van der Waals surface area contributed by atoms with Crippen LogP contribution in [-0.4, -0.2) is 18.6 Å². The van der Waals surface area contributed by atoms with Crippen molar-refractivity contribution in [2.24, 2.45) is 0 Å². The second-order valence-corrected chi connectivity index (χ2v) is 4.85. The van der Waals surface area contributed by atoms with Crippen molar-refractivity contribution >= 4 is 12.2 Å². The molecule has 106 valence electrons. The second-order valence-electron chi connectivity index (χ2n) is 4.85. The number of carbonyl (C=O) groups is 1. The molecule has 0 radical (unpaired) electrons. The molecular formula is C13H16F3NO2. The Kier molecular flexibility index (Phi) is 4.44. The standard InChI is InChI=1S/C13H16F3NO2/c1-9-4-5-10(6-11(9)13(14,15)16)17-7-12(2,3)19-8-18/h4-6,8,17H,7H2,1-3H3. The summed E-state index contributed by atoms with van der Waals surface area (Å²) in [5.74, 6) is 0. The molecule has 0 aromatic heterocycles. The molecule has 0 aliphatic rings. The maximum atomic E-state index is 12.7. The number of hydrogen-bond acceptors (Lipinski definition) is 3. The topological polar surface area (TPSA) is 38.3 Å². The Morgan fingerprint density at radius 1 is 1.32 bits per heavy atom. The number of benzene rings is 1. The Hall–Kier alpha value is -1.72. The lowest BCUT2D eigenvalue weighted by Crippen LogP contribution is -2.33. The molecule has 0 atom stereocenters. The predicted octanol–water partition coefficient (Wildman–Crippen LogP) is 3.38. The SMILES string of the molecule is Cc1ccc(NCC(C)(C)OC=O)cc1C(F)(F)F. The number of aryl methyl sites for hydroxylation is 1. The number of nitrogens with one attached hydrogen (secondary N) is 1. The zero-order chi connectivity index (χ0) is 14.7. The van der Waals surface area contributed by atoms with Crippen LogP contribution < -0.4 is 5.32 Å². The first-order chi connectivity index (χ1) is 8.65. The van der Waals surface area contributed by atoms with Crippen molar-refractivity contribution in [3.8, 4) is 0 Å². The summed E-state index contributed by atoms with van der Waals surface area (Å²) < 4.78 is 43.0. The van der Waals surface area contributed by atoms with Gasteiger partial charge in [0.15, 0.2) is 0 Å². The molecule has 0 aliphatic heterocycles. The summed E-state index contributed by atoms with van der Waals surface area (Å²) in [7, 11) is 0. The van der Waals surface area contributed by atoms with E-state index >= 15 is 0 Å². The summed E-state index contributed by atoms with van der Waals surface area (Å²) in [6.45, 7) is 5.26. The third kappa shape index (κ3) is 4.46. The van der Waals surface area contributed by atoms with Crippen molar-refractivity contribution in [3.05, 3.63) is 29.3 Å². The minimum absolute atomic E-state index is 0.168. The lowest BCUT2D eigenvalue weighted by Gasteiger charge is -2.23. The van der Waals surface area contributed by atoms with Gasteiger partial charge < -0.3 is 10.1 Å². The molecule has 6 heteroatoms. The zero-order valence-corrected chi connectivity index (χ0v) is 11.0. The fourth-order valence-corrected chi connectivity index (χ4v) is 1.52. The van der Waals surface area contributed by atoms with E-state index in [1.165, 1.54) is 13.0 Å². The minimum Gasteiger partial charge on any atom is -0.460 e. The van der Waals surface area contributed by atoms with Crippen LogP contribution in [-0.2, 0) is 15.7 Å². The van der Waals surface area contributed by atoms with Crippen LogP contribution in [0.15, 0.2) is 18.2 Å². The van der Waals surface area contributed by atoms with Crippen LogP contribution in [0.25, 0.3) is 0 Å². The molecule has 3 nitrogen and oxygen atoms in total. The van der Waals surface area contributed by atoms with E-state index in [0.29, 0.717) is 12.2 Å². The molecule has 1 aromatic rings. The monoisotopic (exact) mass is 275 g/mol. The summed E-state index contributed by atoms with van der Waals surface area (Å²) >= 11 is 0. The fraction of sp³-hybridized carbons (Fsp3) is 0.462. The van der Waals surface area contributed by atoms with Gasteiger partial charge in [0, 0.05) is 5.69 Å². The van der Waals surface area contributed by atoms with Gasteiger partial charge in [-0.3, -0.25) is 4.79 Å². The van der Waals surface area contributed by atoms with Crippen molar-refractivity contribution in [2.45, 2.75) is 32.5 Å². The van der Waals surface area contributed by atoms with Gasteiger partial charge in [-0.1, -0.05) is 6.07 Å². The molecule has 0 amide bonds. The molecule has 0 spiro atoms. The van der Waals surface area contributed by atoms with Crippen molar-refractivity contribution < 1.29 is 22.7 Å². The third-order valence-corrected chi connectivity index (χ3v) is 2.63. The Bertz CT molecular complexity index is 456. The molecule has 0 fully saturated rings. The molecule has 1 aromatic carbocycles. The molecule has 0 saturated heterocycles. The van der Waals surface area contributed by atoms with Gasteiger partial charge in [0.2, 0.25) is 0 Å². The van der Waals surface area contributed by atoms with Crippen LogP contribution in [0.2, 0.25) is 0 Å². The number of ether oxygens (including phenoxy) is 1. The van der Waals surface area contributed by atoms with Gasteiger partial charge in [-0.2, -0.15) is 13.2 Å². The van der Waals surface area contributed by atoms with E-state index in [1.54, 1.807) is 19.9 Å². The number of rotatable bonds is 5. The summed E-state index contributed by atoms with van der Waals surface area (Å²) in [5.41, 5.74) is -0.959. The van der Waals surface area contributed by atoms with Gasteiger partial charge in [-0.15, -0.1) is 0 Å². The molecule has 19 heavy (non-hydrogen) atoms. The first kappa shape index (κ1) is 15.3. The predicted molar refractivity (Wildman–Crippen MR) is 65.9 cm³/mol. The lowest BCUT2D eigenvalue weighted by atomic mass is 10.1. The Morgan fingerprint density at radius 2 is 1.95 bits per heavy atom. The number of hydrogen-bond donors (Lipinski definition) is 1. The molecular weight excluding hydrogens is 259 g/mol. The highest BCUT2D eigenvalue weighted by molar-refractivity contribution is 5.50. The number of halogens is 3. The Balaban J connectivity index is 2.84. The van der Waals surface area contributed by atoms with E-state index in [2.05, 4.69) is 5.32 Å². The van der Waals surface area contributed by atoms with Crippen LogP contribution in [0.1, 0.15) is 25.0 Å². The van der Waals surface area contributed by atoms with Crippen molar-refractivity contribution in [2.75, 3.05) is 11.9 Å². The molecule has 0 heterocycles. The first-order valence-corrected chi connectivity index (χ1v) is 5.69. The normalized spacial score (nSPS) is 12.1. The Morgan fingerprint density at radius 3 is 2.47 bits per heavy atom. The van der Waals surface area contributed by atoms with Gasteiger partial charge in [0.25, 0.3) is 6.47 Å². The van der Waals surface area contributed by atoms with Crippen molar-refractivity contribution in [1.29, 1.82) is 0 Å². The van der Waals surface area contributed by atoms with E-state index in [0.717, 1.165) is 6.07 Å². The average molecular weight is 275 g/mol. The summed E-state index contributed by atoms with van der Waals surface area (Å²) in [5, 5.41) is 2.83. The van der Waals surface area contributed by atoms with Crippen LogP contribution in [0.5, 0.6) is 0 Å². The average Bonchev–Trinajstić information content (AvgIpc) is 2.26. The molecule has 1 N–H and O–H groups in total. The molecule has 0 aliphatic carbocycles. The number of carbonyl (C=O) groups excluding carboxylic acids is 1. The minimum atomic E-state index is -4.38. The van der Waals surface area contributed by atoms with E-state index in [1.807, 2.05) is 0 Å². The molecule has 0 bridgehead atoms.